The van der Waals surface area contributed by atoms with Crippen molar-refractivity contribution < 1.29 is 4.79 Å². The molecule has 0 saturated carbocycles. The maximum absolute atomic E-state index is 11.7. The Morgan fingerprint density at radius 2 is 2.06 bits per heavy atom. The molecule has 17 heavy (non-hydrogen) atoms. The highest BCUT2D eigenvalue weighted by Gasteiger charge is 2.20. The average molecular weight is 286 g/mol. The Hall–Kier alpha value is -0.0300. The van der Waals surface area contributed by atoms with E-state index in [1.165, 1.54) is 6.42 Å². The van der Waals surface area contributed by atoms with E-state index in [2.05, 4.69) is 22.5 Å². The summed E-state index contributed by atoms with van der Waals surface area (Å²) in [7, 11) is 4.05. The van der Waals surface area contributed by atoms with Crippen LogP contribution in [0.15, 0.2) is 0 Å². The Bertz CT molecular complexity index is 209. The summed E-state index contributed by atoms with van der Waals surface area (Å²) in [4.78, 5) is 13.8. The SMILES string of the molecule is CC(CNC(=O)[C@H]1CCCCN1)N(C)C.Cl.Cl. The van der Waals surface area contributed by atoms with Crippen LogP contribution in [0.5, 0.6) is 0 Å². The normalized spacial score (nSPS) is 21.1. The molecule has 1 unspecified atom stereocenters. The summed E-state index contributed by atoms with van der Waals surface area (Å²) in [5.41, 5.74) is 0. The zero-order valence-electron chi connectivity index (χ0n) is 10.9. The third-order valence-corrected chi connectivity index (χ3v) is 3.08. The van der Waals surface area contributed by atoms with E-state index in [1.54, 1.807) is 0 Å². The van der Waals surface area contributed by atoms with Gasteiger partial charge in [-0.1, -0.05) is 6.42 Å². The average Bonchev–Trinajstić information content (AvgIpc) is 2.26. The highest BCUT2D eigenvalue weighted by molar-refractivity contribution is 5.85. The molecule has 1 heterocycles. The third kappa shape index (κ3) is 7.09. The molecule has 4 nitrogen and oxygen atoms in total. The highest BCUT2D eigenvalue weighted by atomic mass is 35.5. The topological polar surface area (TPSA) is 44.4 Å². The molecule has 0 radical (unpaired) electrons. The molecular formula is C11H25Cl2N3O. The first-order valence-corrected chi connectivity index (χ1v) is 5.79. The number of nitrogens with zero attached hydrogens (tertiary/aromatic N) is 1. The first-order valence-electron chi connectivity index (χ1n) is 5.79. The van der Waals surface area contributed by atoms with Gasteiger partial charge in [0.1, 0.15) is 0 Å². The molecule has 1 aliphatic rings. The van der Waals surface area contributed by atoms with Crippen molar-refractivity contribution in [3.63, 3.8) is 0 Å². The largest absolute Gasteiger partial charge is 0.353 e. The number of halogens is 2. The lowest BCUT2D eigenvalue weighted by Crippen LogP contribution is -2.49. The lowest BCUT2D eigenvalue weighted by atomic mass is 10.0. The van der Waals surface area contributed by atoms with E-state index >= 15 is 0 Å². The number of piperidine rings is 1. The summed E-state index contributed by atoms with van der Waals surface area (Å²) in [5, 5.41) is 6.24. The molecule has 2 atom stereocenters. The minimum atomic E-state index is 0. The smallest absolute Gasteiger partial charge is 0.237 e. The number of hydrogen-bond acceptors (Lipinski definition) is 3. The van der Waals surface area contributed by atoms with E-state index in [4.69, 9.17) is 0 Å². The fourth-order valence-electron chi connectivity index (χ4n) is 1.63. The predicted octanol–water partition coefficient (Wildman–Crippen LogP) is 1.04. The number of hydrogen-bond donors (Lipinski definition) is 2. The molecule has 0 bridgehead atoms. The summed E-state index contributed by atoms with van der Waals surface area (Å²) in [6.07, 6.45) is 3.33. The lowest BCUT2D eigenvalue weighted by Gasteiger charge is -2.25. The van der Waals surface area contributed by atoms with Crippen LogP contribution < -0.4 is 10.6 Å². The van der Waals surface area contributed by atoms with Crippen LogP contribution in [0.4, 0.5) is 0 Å². The monoisotopic (exact) mass is 285 g/mol. The van der Waals surface area contributed by atoms with E-state index < -0.39 is 0 Å². The first kappa shape index (κ1) is 19.3. The van der Waals surface area contributed by atoms with Gasteiger partial charge in [0.2, 0.25) is 5.91 Å². The molecule has 2 N–H and O–H groups in total. The second-order valence-corrected chi connectivity index (χ2v) is 4.56. The van der Waals surface area contributed by atoms with Gasteiger partial charge in [-0.3, -0.25) is 4.79 Å². The van der Waals surface area contributed by atoms with Gasteiger partial charge in [-0.2, -0.15) is 0 Å². The second kappa shape index (κ2) is 9.95. The van der Waals surface area contributed by atoms with Crippen molar-refractivity contribution in [1.82, 2.24) is 15.5 Å². The summed E-state index contributed by atoms with van der Waals surface area (Å²) in [5.74, 6) is 0.156. The lowest BCUT2D eigenvalue weighted by molar-refractivity contribution is -0.123. The van der Waals surface area contributed by atoms with Crippen LogP contribution in [-0.4, -0.2) is 50.1 Å². The second-order valence-electron chi connectivity index (χ2n) is 4.56. The van der Waals surface area contributed by atoms with Gasteiger partial charge in [0, 0.05) is 12.6 Å². The van der Waals surface area contributed by atoms with Gasteiger partial charge in [-0.15, -0.1) is 24.8 Å². The van der Waals surface area contributed by atoms with Gasteiger partial charge in [-0.25, -0.2) is 0 Å². The Labute approximate surface area is 117 Å². The molecule has 1 saturated heterocycles. The number of carbonyl (C=O) groups is 1. The van der Waals surface area contributed by atoms with Crippen LogP contribution in [0.25, 0.3) is 0 Å². The van der Waals surface area contributed by atoms with E-state index in [0.717, 1.165) is 25.9 Å². The summed E-state index contributed by atoms with van der Waals surface area (Å²) < 4.78 is 0. The minimum absolute atomic E-state index is 0. The van der Waals surface area contributed by atoms with Gasteiger partial charge < -0.3 is 15.5 Å². The number of nitrogens with one attached hydrogen (secondary N) is 2. The Morgan fingerprint density at radius 3 is 2.53 bits per heavy atom. The van der Waals surface area contributed by atoms with Gasteiger partial charge in [0.25, 0.3) is 0 Å². The number of carbonyl (C=O) groups excluding carboxylic acids is 1. The molecule has 1 amide bonds. The molecule has 1 rings (SSSR count). The van der Waals surface area contributed by atoms with Crippen LogP contribution in [0.2, 0.25) is 0 Å². The highest BCUT2D eigenvalue weighted by Crippen LogP contribution is 2.06. The Morgan fingerprint density at radius 1 is 1.41 bits per heavy atom. The fourth-order valence-corrected chi connectivity index (χ4v) is 1.63. The van der Waals surface area contributed by atoms with Crippen molar-refractivity contribution in [2.24, 2.45) is 0 Å². The van der Waals surface area contributed by atoms with Crippen molar-refractivity contribution in [1.29, 1.82) is 0 Å². The fraction of sp³-hybridized carbons (Fsp3) is 0.909. The van der Waals surface area contributed by atoms with Crippen molar-refractivity contribution in [3.05, 3.63) is 0 Å². The Balaban J connectivity index is 0. The maximum atomic E-state index is 11.7. The summed E-state index contributed by atoms with van der Waals surface area (Å²) in [6, 6.07) is 0.422. The predicted molar refractivity (Wildman–Crippen MR) is 76.3 cm³/mol. The van der Waals surface area contributed by atoms with Crippen molar-refractivity contribution in [3.8, 4) is 0 Å². The zero-order chi connectivity index (χ0) is 11.3. The number of rotatable bonds is 4. The third-order valence-electron chi connectivity index (χ3n) is 3.08. The van der Waals surface area contributed by atoms with Crippen LogP contribution in [0.3, 0.4) is 0 Å². The van der Waals surface area contributed by atoms with Crippen molar-refractivity contribution in [2.45, 2.75) is 38.3 Å². The molecule has 1 fully saturated rings. The molecule has 0 spiro atoms. The molecule has 1 aliphatic heterocycles. The van der Waals surface area contributed by atoms with E-state index in [9.17, 15) is 4.79 Å². The van der Waals surface area contributed by atoms with Crippen molar-refractivity contribution in [2.75, 3.05) is 27.2 Å². The molecule has 0 aromatic heterocycles. The van der Waals surface area contributed by atoms with Crippen LogP contribution in [0, 0.1) is 0 Å². The molecule has 104 valence electrons. The van der Waals surface area contributed by atoms with E-state index in [-0.39, 0.29) is 36.8 Å². The van der Waals surface area contributed by atoms with Gasteiger partial charge >= 0.3 is 0 Å². The van der Waals surface area contributed by atoms with Crippen LogP contribution in [0.1, 0.15) is 26.2 Å². The summed E-state index contributed by atoms with van der Waals surface area (Å²) >= 11 is 0. The van der Waals surface area contributed by atoms with E-state index in [0.29, 0.717) is 6.04 Å². The quantitative estimate of drug-likeness (QED) is 0.811. The summed E-state index contributed by atoms with van der Waals surface area (Å²) in [6.45, 7) is 3.81. The van der Waals surface area contributed by atoms with Gasteiger partial charge in [0.05, 0.1) is 6.04 Å². The van der Waals surface area contributed by atoms with Gasteiger partial charge in [-0.05, 0) is 40.4 Å². The van der Waals surface area contributed by atoms with Crippen LogP contribution in [-0.2, 0) is 4.79 Å². The maximum Gasteiger partial charge on any atom is 0.237 e. The van der Waals surface area contributed by atoms with E-state index in [1.807, 2.05) is 14.1 Å². The molecule has 0 aliphatic carbocycles. The Kier molecular flexibility index (Phi) is 11.3. The molecular weight excluding hydrogens is 261 g/mol. The zero-order valence-corrected chi connectivity index (χ0v) is 12.5. The van der Waals surface area contributed by atoms with Crippen molar-refractivity contribution >= 4 is 30.7 Å². The standard InChI is InChI=1S/C11H23N3O.2ClH/c1-9(14(2)3)8-13-11(15)10-6-4-5-7-12-10;;/h9-10,12H,4-8H2,1-3H3,(H,13,15);2*1H/t9?,10-;;/m1../s1. The number of amides is 1. The minimum Gasteiger partial charge on any atom is -0.353 e. The first-order chi connectivity index (χ1) is 7.11. The molecule has 0 aromatic carbocycles. The molecule has 0 aromatic rings. The number of likely N-dealkylation sites (N-methyl/N-ethyl adjacent to an activating group) is 1. The molecule has 6 heteroatoms. The van der Waals surface area contributed by atoms with Crippen LogP contribution >= 0.6 is 24.8 Å². The van der Waals surface area contributed by atoms with Gasteiger partial charge in [0.15, 0.2) is 0 Å².